The number of hydrogen-bond acceptors (Lipinski definition) is 9. The van der Waals surface area contributed by atoms with Gasteiger partial charge in [0.1, 0.15) is 17.5 Å². The van der Waals surface area contributed by atoms with Crippen molar-refractivity contribution < 1.29 is 13.9 Å². The zero-order valence-electron chi connectivity index (χ0n) is 20.6. The van der Waals surface area contributed by atoms with Crippen molar-refractivity contribution in [2.24, 2.45) is 0 Å². The summed E-state index contributed by atoms with van der Waals surface area (Å²) in [4.78, 5) is 30.3. The molecular formula is C26H27FN8O2. The van der Waals surface area contributed by atoms with Crippen LogP contribution >= 0.6 is 0 Å². The van der Waals surface area contributed by atoms with Crippen LogP contribution < -0.4 is 10.6 Å². The second-order valence-corrected chi connectivity index (χ2v) is 8.91. The van der Waals surface area contributed by atoms with Gasteiger partial charge in [-0.25, -0.2) is 19.3 Å². The molecule has 1 atom stereocenters. The third-order valence-electron chi connectivity index (χ3n) is 6.42. The van der Waals surface area contributed by atoms with E-state index < -0.39 is 17.8 Å². The Bertz CT molecular complexity index is 1410. The highest BCUT2D eigenvalue weighted by atomic mass is 19.1. The molecule has 0 radical (unpaired) electrons. The minimum atomic E-state index is -0.687. The number of amides is 1. The number of benzene rings is 1. The Morgan fingerprint density at radius 3 is 2.62 bits per heavy atom. The molecule has 0 bridgehead atoms. The molecule has 0 saturated carbocycles. The molecule has 1 saturated heterocycles. The summed E-state index contributed by atoms with van der Waals surface area (Å²) in [5.74, 6) is 0.287. The van der Waals surface area contributed by atoms with Crippen molar-refractivity contribution in [3.05, 3.63) is 77.3 Å². The quantitative estimate of drug-likeness (QED) is 0.424. The molecule has 2 N–H and O–H groups in total. The maximum Gasteiger partial charge on any atom is 0.257 e. The van der Waals surface area contributed by atoms with E-state index in [0.717, 1.165) is 24.5 Å². The molecule has 5 rings (SSSR count). The number of nitrogens with zero attached hydrogens (tertiary/aromatic N) is 7. The van der Waals surface area contributed by atoms with E-state index in [1.807, 2.05) is 19.1 Å². The minimum absolute atomic E-state index is 0.0841. The van der Waals surface area contributed by atoms with Crippen molar-refractivity contribution in [3.8, 4) is 0 Å². The van der Waals surface area contributed by atoms with Crippen LogP contribution in [0.3, 0.4) is 0 Å². The monoisotopic (exact) mass is 502 g/mol. The topological polar surface area (TPSA) is 123 Å². The minimum Gasteiger partial charge on any atom is -0.383 e. The lowest BCUT2D eigenvalue weighted by Gasteiger charge is -2.29. The summed E-state index contributed by atoms with van der Waals surface area (Å²) < 4.78 is 20.6. The van der Waals surface area contributed by atoms with Gasteiger partial charge in [0.2, 0.25) is 0 Å². The first-order valence-electron chi connectivity index (χ1n) is 12.0. The molecule has 1 aromatic carbocycles. The molecule has 1 aliphatic rings. The summed E-state index contributed by atoms with van der Waals surface area (Å²) in [6.45, 7) is 6.45. The number of rotatable bonds is 6. The van der Waals surface area contributed by atoms with Crippen molar-refractivity contribution in [2.45, 2.75) is 26.4 Å². The van der Waals surface area contributed by atoms with Crippen LogP contribution in [-0.4, -0.2) is 62.3 Å². The number of carbonyl (C=O) groups is 1. The van der Waals surface area contributed by atoms with Crippen molar-refractivity contribution >= 4 is 28.4 Å². The van der Waals surface area contributed by atoms with Crippen molar-refractivity contribution in [3.63, 3.8) is 0 Å². The van der Waals surface area contributed by atoms with Gasteiger partial charge in [-0.3, -0.25) is 4.79 Å². The van der Waals surface area contributed by atoms with Crippen molar-refractivity contribution in [1.29, 1.82) is 0 Å². The molecule has 1 amide bonds. The fourth-order valence-electron chi connectivity index (χ4n) is 4.26. The molecule has 0 aliphatic carbocycles. The molecule has 11 heteroatoms. The third kappa shape index (κ3) is 5.17. The average Bonchev–Trinajstić information content (AvgIpc) is 2.93. The number of nitrogen functional groups attached to an aromatic ring is 1. The SMILES string of the molecule is Cc1cc2cc(C(=O)N(Cc3ccc(N4CCOCC4)nn3)[C@@H](C)c3ncccn3)c(F)cc2nc1N. The number of morpholine rings is 1. The van der Waals surface area contributed by atoms with Crippen LogP contribution in [0.15, 0.2) is 48.8 Å². The first-order chi connectivity index (χ1) is 17.9. The lowest BCUT2D eigenvalue weighted by atomic mass is 10.1. The Hall–Kier alpha value is -4.25. The third-order valence-corrected chi connectivity index (χ3v) is 6.42. The van der Waals surface area contributed by atoms with Gasteiger partial charge in [-0.1, -0.05) is 0 Å². The smallest absolute Gasteiger partial charge is 0.257 e. The second kappa shape index (κ2) is 10.4. The molecule has 4 heterocycles. The predicted octanol–water partition coefficient (Wildman–Crippen LogP) is 3.08. The summed E-state index contributed by atoms with van der Waals surface area (Å²) in [6, 6.07) is 9.36. The number of ether oxygens (including phenoxy) is 1. The van der Waals surface area contributed by atoms with Gasteiger partial charge in [0, 0.05) is 36.9 Å². The number of halogens is 1. The van der Waals surface area contributed by atoms with Crippen molar-refractivity contribution in [1.82, 2.24) is 30.0 Å². The summed E-state index contributed by atoms with van der Waals surface area (Å²) in [6.07, 6.45) is 3.21. The van der Waals surface area contributed by atoms with Gasteiger partial charge in [-0.15, -0.1) is 5.10 Å². The van der Waals surface area contributed by atoms with Gasteiger partial charge < -0.3 is 20.3 Å². The Labute approximate surface area is 213 Å². The van der Waals surface area contributed by atoms with E-state index in [4.69, 9.17) is 10.5 Å². The summed E-state index contributed by atoms with van der Waals surface area (Å²) in [5.41, 5.74) is 7.49. The molecule has 190 valence electrons. The number of aromatic nitrogens is 5. The van der Waals surface area contributed by atoms with Crippen LogP contribution in [0, 0.1) is 12.7 Å². The number of hydrogen-bond donors (Lipinski definition) is 1. The summed E-state index contributed by atoms with van der Waals surface area (Å²) in [5, 5.41) is 9.33. The Balaban J connectivity index is 1.48. The maximum absolute atomic E-state index is 15.2. The molecular weight excluding hydrogens is 475 g/mol. The van der Waals surface area contributed by atoms with Gasteiger partial charge in [0.05, 0.1) is 42.6 Å². The lowest BCUT2D eigenvalue weighted by molar-refractivity contribution is 0.0658. The van der Waals surface area contributed by atoms with E-state index in [1.165, 1.54) is 17.0 Å². The first-order valence-corrected chi connectivity index (χ1v) is 12.0. The highest BCUT2D eigenvalue weighted by molar-refractivity contribution is 5.98. The van der Waals surface area contributed by atoms with Gasteiger partial charge in [-0.2, -0.15) is 5.10 Å². The van der Waals surface area contributed by atoms with Crippen LogP contribution in [0.25, 0.3) is 10.9 Å². The van der Waals surface area contributed by atoms with Crippen LogP contribution in [-0.2, 0) is 11.3 Å². The number of anilines is 2. The first kappa shape index (κ1) is 24.4. The number of aryl methyl sites for hydroxylation is 1. The second-order valence-electron chi connectivity index (χ2n) is 8.91. The van der Waals surface area contributed by atoms with E-state index in [9.17, 15) is 4.79 Å². The Morgan fingerprint density at radius 1 is 1.16 bits per heavy atom. The van der Waals surface area contributed by atoms with Gasteiger partial charge in [-0.05, 0) is 49.7 Å². The van der Waals surface area contributed by atoms with Crippen LogP contribution in [0.5, 0.6) is 0 Å². The van der Waals surface area contributed by atoms with E-state index in [2.05, 4.69) is 30.0 Å². The fourth-order valence-corrected chi connectivity index (χ4v) is 4.26. The molecule has 10 nitrogen and oxygen atoms in total. The highest BCUT2D eigenvalue weighted by Crippen LogP contribution is 2.27. The average molecular weight is 503 g/mol. The van der Waals surface area contributed by atoms with Gasteiger partial charge in [0.25, 0.3) is 5.91 Å². The van der Waals surface area contributed by atoms with Crippen LogP contribution in [0.4, 0.5) is 16.0 Å². The Morgan fingerprint density at radius 2 is 1.92 bits per heavy atom. The molecule has 0 spiro atoms. The zero-order chi connectivity index (χ0) is 25.9. The van der Waals surface area contributed by atoms with E-state index in [0.29, 0.717) is 41.5 Å². The number of nitrogens with two attached hydrogens (primary N) is 1. The maximum atomic E-state index is 15.2. The van der Waals surface area contributed by atoms with E-state index in [1.54, 1.807) is 31.5 Å². The summed E-state index contributed by atoms with van der Waals surface area (Å²) in [7, 11) is 0. The zero-order valence-corrected chi connectivity index (χ0v) is 20.6. The summed E-state index contributed by atoms with van der Waals surface area (Å²) >= 11 is 0. The van der Waals surface area contributed by atoms with Crippen LogP contribution in [0.2, 0.25) is 0 Å². The highest BCUT2D eigenvalue weighted by Gasteiger charge is 2.28. The normalized spacial score (nSPS) is 14.5. The van der Waals surface area contributed by atoms with E-state index >= 15 is 4.39 Å². The fraction of sp³-hybridized carbons (Fsp3) is 0.308. The molecule has 3 aromatic heterocycles. The molecule has 4 aromatic rings. The van der Waals surface area contributed by atoms with Crippen LogP contribution in [0.1, 0.15) is 40.4 Å². The Kier molecular flexibility index (Phi) is 6.87. The standard InChI is InChI=1S/C26H27FN8O2/c1-16-12-18-13-20(21(27)14-22(18)31-24(16)28)26(36)35(17(2)25-29-6-3-7-30-25)15-19-4-5-23(33-32-19)34-8-10-37-11-9-34/h3-7,12-14,17H,8-11,15H2,1-2H3,(H2,28,31)/t17-/m0/s1. The van der Waals surface area contributed by atoms with E-state index in [-0.39, 0.29) is 12.1 Å². The number of carbonyl (C=O) groups excluding carboxylic acids is 1. The van der Waals surface area contributed by atoms with Gasteiger partial charge >= 0.3 is 0 Å². The lowest BCUT2D eigenvalue weighted by Crippen LogP contribution is -2.37. The van der Waals surface area contributed by atoms with Gasteiger partial charge in [0.15, 0.2) is 5.82 Å². The van der Waals surface area contributed by atoms with Crippen molar-refractivity contribution in [2.75, 3.05) is 36.9 Å². The predicted molar refractivity (Wildman–Crippen MR) is 136 cm³/mol. The molecule has 1 fully saturated rings. The molecule has 0 unspecified atom stereocenters. The largest absolute Gasteiger partial charge is 0.383 e. The number of fused-ring (bicyclic) bond motifs is 1. The molecule has 37 heavy (non-hydrogen) atoms. The number of pyridine rings is 1. The molecule has 1 aliphatic heterocycles.